The highest BCUT2D eigenvalue weighted by atomic mass is 35.5. The van der Waals surface area contributed by atoms with Gasteiger partial charge in [0.15, 0.2) is 0 Å². The van der Waals surface area contributed by atoms with Gasteiger partial charge < -0.3 is 9.47 Å². The summed E-state index contributed by atoms with van der Waals surface area (Å²) in [6, 6.07) is 6.63. The van der Waals surface area contributed by atoms with E-state index in [1.54, 1.807) is 18.2 Å². The van der Waals surface area contributed by atoms with E-state index >= 15 is 0 Å². The van der Waals surface area contributed by atoms with Crippen molar-refractivity contribution in [1.82, 2.24) is 0 Å². The Bertz CT molecular complexity index is 346. The van der Waals surface area contributed by atoms with Crippen LogP contribution in [0.15, 0.2) is 24.3 Å². The number of rotatable bonds is 4. The van der Waals surface area contributed by atoms with Crippen LogP contribution in [0.25, 0.3) is 0 Å². The normalized spacial score (nSPS) is 24.9. The third-order valence-electron chi connectivity index (χ3n) is 2.65. The number of ether oxygens (including phenoxy) is 2. The Labute approximate surface area is 99.3 Å². The molecule has 1 aliphatic rings. The Morgan fingerprint density at radius 1 is 1.44 bits per heavy atom. The van der Waals surface area contributed by atoms with Crippen molar-refractivity contribution in [2.75, 3.05) is 12.5 Å². The van der Waals surface area contributed by atoms with Gasteiger partial charge in [-0.05, 0) is 6.07 Å². The largest absolute Gasteiger partial charge is 0.374 e. The minimum atomic E-state index is -0.227. The van der Waals surface area contributed by atoms with Gasteiger partial charge in [-0.1, -0.05) is 18.2 Å². The zero-order valence-electron chi connectivity index (χ0n) is 8.86. The van der Waals surface area contributed by atoms with Crippen LogP contribution in [0.5, 0.6) is 0 Å². The van der Waals surface area contributed by atoms with E-state index in [1.165, 1.54) is 6.07 Å². The fourth-order valence-corrected chi connectivity index (χ4v) is 1.93. The van der Waals surface area contributed by atoms with Crippen LogP contribution in [0, 0.1) is 5.82 Å². The van der Waals surface area contributed by atoms with Crippen molar-refractivity contribution in [2.45, 2.75) is 25.2 Å². The Morgan fingerprint density at radius 2 is 2.25 bits per heavy atom. The zero-order valence-corrected chi connectivity index (χ0v) is 9.62. The average Bonchev–Trinajstić information content (AvgIpc) is 2.76. The van der Waals surface area contributed by atoms with Crippen molar-refractivity contribution in [1.29, 1.82) is 0 Å². The van der Waals surface area contributed by atoms with E-state index in [-0.39, 0.29) is 24.6 Å². The first-order chi connectivity index (χ1) is 7.79. The monoisotopic (exact) mass is 244 g/mol. The molecule has 0 amide bonds. The molecule has 4 heteroatoms. The molecule has 0 aromatic heterocycles. The summed E-state index contributed by atoms with van der Waals surface area (Å²) in [6.45, 7) is 0.835. The van der Waals surface area contributed by atoms with Gasteiger partial charge in [0, 0.05) is 17.9 Å². The molecule has 0 aliphatic carbocycles. The second kappa shape index (κ2) is 5.62. The number of halogens is 2. The van der Waals surface area contributed by atoms with Gasteiger partial charge in [0.25, 0.3) is 0 Å². The minimum Gasteiger partial charge on any atom is -0.374 e. The second-order valence-corrected chi connectivity index (χ2v) is 4.18. The molecule has 1 aromatic rings. The predicted molar refractivity (Wildman–Crippen MR) is 60.1 cm³/mol. The highest BCUT2D eigenvalue weighted by molar-refractivity contribution is 6.18. The van der Waals surface area contributed by atoms with Crippen molar-refractivity contribution in [3.05, 3.63) is 35.6 Å². The molecular weight excluding hydrogens is 231 g/mol. The fourth-order valence-electron chi connectivity index (χ4n) is 1.72. The predicted octanol–water partition coefficient (Wildman–Crippen LogP) is 2.74. The first kappa shape index (κ1) is 11.8. The van der Waals surface area contributed by atoms with E-state index in [0.717, 1.165) is 6.42 Å². The summed E-state index contributed by atoms with van der Waals surface area (Å²) in [7, 11) is 0. The lowest BCUT2D eigenvalue weighted by atomic mass is 10.2. The van der Waals surface area contributed by atoms with Crippen LogP contribution in [0.2, 0.25) is 0 Å². The first-order valence-corrected chi connectivity index (χ1v) is 5.85. The van der Waals surface area contributed by atoms with E-state index in [9.17, 15) is 4.39 Å². The summed E-state index contributed by atoms with van der Waals surface area (Å²) in [5, 5.41) is 0. The molecule has 1 saturated heterocycles. The zero-order chi connectivity index (χ0) is 11.4. The molecule has 88 valence electrons. The van der Waals surface area contributed by atoms with Crippen LogP contribution < -0.4 is 0 Å². The maximum absolute atomic E-state index is 13.3. The van der Waals surface area contributed by atoms with E-state index in [1.807, 2.05) is 0 Å². The van der Waals surface area contributed by atoms with Gasteiger partial charge >= 0.3 is 0 Å². The Morgan fingerprint density at radius 3 is 2.94 bits per heavy atom. The van der Waals surface area contributed by atoms with Crippen molar-refractivity contribution < 1.29 is 13.9 Å². The van der Waals surface area contributed by atoms with Crippen LogP contribution >= 0.6 is 11.6 Å². The summed E-state index contributed by atoms with van der Waals surface area (Å²) >= 11 is 5.67. The number of alkyl halides is 1. The highest BCUT2D eigenvalue weighted by Crippen LogP contribution is 2.19. The molecule has 2 atom stereocenters. The van der Waals surface area contributed by atoms with E-state index in [2.05, 4.69) is 0 Å². The van der Waals surface area contributed by atoms with Gasteiger partial charge in [0.05, 0.1) is 25.4 Å². The maximum atomic E-state index is 13.3. The average molecular weight is 245 g/mol. The lowest BCUT2D eigenvalue weighted by molar-refractivity contribution is 0.0276. The third-order valence-corrected chi connectivity index (χ3v) is 2.99. The molecule has 0 N–H and O–H groups in total. The molecule has 1 heterocycles. The van der Waals surface area contributed by atoms with Crippen LogP contribution in [-0.2, 0) is 16.1 Å². The Kier molecular flexibility index (Phi) is 4.16. The highest BCUT2D eigenvalue weighted by Gasteiger charge is 2.25. The second-order valence-electron chi connectivity index (χ2n) is 3.87. The van der Waals surface area contributed by atoms with Gasteiger partial charge in [-0.15, -0.1) is 11.6 Å². The molecule has 0 radical (unpaired) electrons. The van der Waals surface area contributed by atoms with Gasteiger partial charge in [-0.3, -0.25) is 0 Å². The lowest BCUT2D eigenvalue weighted by Gasteiger charge is -2.10. The molecule has 1 aliphatic heterocycles. The minimum absolute atomic E-state index is 0.0309. The van der Waals surface area contributed by atoms with Crippen molar-refractivity contribution in [3.63, 3.8) is 0 Å². The standard InChI is InChI=1S/C12H14ClFO2/c13-6-10-5-11(8-16-10)15-7-9-3-1-2-4-12(9)14/h1-4,10-11H,5-8H2. The van der Waals surface area contributed by atoms with Crippen LogP contribution in [0.3, 0.4) is 0 Å². The third kappa shape index (κ3) is 2.94. The molecule has 0 spiro atoms. The molecule has 0 bridgehead atoms. The smallest absolute Gasteiger partial charge is 0.128 e. The Balaban J connectivity index is 1.82. The molecular formula is C12H14ClFO2. The summed E-state index contributed by atoms with van der Waals surface area (Å²) < 4.78 is 24.2. The van der Waals surface area contributed by atoms with Crippen molar-refractivity contribution in [3.8, 4) is 0 Å². The summed E-state index contributed by atoms with van der Waals surface area (Å²) in [5.74, 6) is 0.259. The summed E-state index contributed by atoms with van der Waals surface area (Å²) in [5.41, 5.74) is 0.580. The summed E-state index contributed by atoms with van der Waals surface area (Å²) in [6.07, 6.45) is 0.897. The van der Waals surface area contributed by atoms with E-state index in [0.29, 0.717) is 18.1 Å². The van der Waals surface area contributed by atoms with E-state index < -0.39 is 0 Å². The van der Waals surface area contributed by atoms with Crippen LogP contribution in [0.4, 0.5) is 4.39 Å². The van der Waals surface area contributed by atoms with Crippen molar-refractivity contribution >= 4 is 11.6 Å². The Hall–Kier alpha value is -0.640. The molecule has 16 heavy (non-hydrogen) atoms. The number of hydrogen-bond acceptors (Lipinski definition) is 2. The number of benzene rings is 1. The molecule has 1 aromatic carbocycles. The quantitative estimate of drug-likeness (QED) is 0.759. The SMILES string of the molecule is Fc1ccccc1COC1COC(CCl)C1. The first-order valence-electron chi connectivity index (χ1n) is 5.32. The fraction of sp³-hybridized carbons (Fsp3) is 0.500. The van der Waals surface area contributed by atoms with Gasteiger partial charge in [-0.2, -0.15) is 0 Å². The lowest BCUT2D eigenvalue weighted by Crippen LogP contribution is -2.13. The molecule has 2 nitrogen and oxygen atoms in total. The molecule has 2 rings (SSSR count). The summed E-state index contributed by atoms with van der Waals surface area (Å²) in [4.78, 5) is 0. The molecule has 0 saturated carbocycles. The van der Waals surface area contributed by atoms with Gasteiger partial charge in [0.1, 0.15) is 5.82 Å². The molecule has 2 unspecified atom stereocenters. The van der Waals surface area contributed by atoms with Crippen molar-refractivity contribution in [2.24, 2.45) is 0 Å². The molecule has 1 fully saturated rings. The van der Waals surface area contributed by atoms with Gasteiger partial charge in [-0.25, -0.2) is 4.39 Å². The van der Waals surface area contributed by atoms with Crippen LogP contribution in [-0.4, -0.2) is 24.7 Å². The van der Waals surface area contributed by atoms with Gasteiger partial charge in [0.2, 0.25) is 0 Å². The number of hydrogen-bond donors (Lipinski definition) is 0. The van der Waals surface area contributed by atoms with E-state index in [4.69, 9.17) is 21.1 Å². The topological polar surface area (TPSA) is 18.5 Å². The maximum Gasteiger partial charge on any atom is 0.128 e. The van der Waals surface area contributed by atoms with Crippen LogP contribution in [0.1, 0.15) is 12.0 Å².